The lowest BCUT2D eigenvalue weighted by molar-refractivity contribution is -0.150. The van der Waals surface area contributed by atoms with Crippen molar-refractivity contribution in [2.24, 2.45) is 5.92 Å². The summed E-state index contributed by atoms with van der Waals surface area (Å²) in [5.74, 6) is -0.384. The lowest BCUT2D eigenvalue weighted by atomic mass is 9.82. The van der Waals surface area contributed by atoms with Crippen molar-refractivity contribution in [1.82, 2.24) is 4.90 Å². The number of nitrogens with zero attached hydrogens (tertiary/aromatic N) is 3. The summed E-state index contributed by atoms with van der Waals surface area (Å²) < 4.78 is 13.3. The Morgan fingerprint density at radius 3 is 2.40 bits per heavy atom. The summed E-state index contributed by atoms with van der Waals surface area (Å²) in [6.07, 6.45) is 1.34. The molecule has 1 saturated heterocycles. The second kappa shape index (κ2) is 13.1. The van der Waals surface area contributed by atoms with Gasteiger partial charge in [0.05, 0.1) is 42.1 Å². The first-order chi connectivity index (χ1) is 25.5. The summed E-state index contributed by atoms with van der Waals surface area (Å²) in [6.45, 7) is 9.87. The number of para-hydroxylation sites is 3. The predicted octanol–water partition coefficient (Wildman–Crippen LogP) is 6.44. The molecule has 53 heavy (non-hydrogen) atoms. The smallest absolute Gasteiger partial charge is 0.266 e. The minimum absolute atomic E-state index is 0.0672. The maximum Gasteiger partial charge on any atom is 0.266 e. The van der Waals surface area contributed by atoms with Crippen molar-refractivity contribution in [3.8, 4) is 11.5 Å². The van der Waals surface area contributed by atoms with E-state index in [2.05, 4.69) is 6.58 Å². The minimum Gasteiger partial charge on any atom is -0.454 e. The first-order valence-corrected chi connectivity index (χ1v) is 21.2. The molecule has 0 bridgehead atoms. The Morgan fingerprint density at radius 1 is 0.962 bits per heavy atom. The number of benzene rings is 4. The van der Waals surface area contributed by atoms with Crippen LogP contribution in [0.15, 0.2) is 104 Å². The van der Waals surface area contributed by atoms with Crippen LogP contribution in [0.4, 0.5) is 17.1 Å². The van der Waals surface area contributed by atoms with Gasteiger partial charge in [-0.2, -0.15) is 0 Å². The first-order valence-electron chi connectivity index (χ1n) is 18.1. The highest BCUT2D eigenvalue weighted by Gasteiger charge is 2.66. The van der Waals surface area contributed by atoms with Crippen molar-refractivity contribution in [3.63, 3.8) is 0 Å². The van der Waals surface area contributed by atoms with Gasteiger partial charge in [0.25, 0.3) is 11.8 Å². The molecular weight excluding hydrogens is 687 g/mol. The number of fused-ring (bicyclic) bond motifs is 5. The Hall–Kier alpha value is -5.07. The summed E-state index contributed by atoms with van der Waals surface area (Å²) in [4.78, 5) is 60.3. The van der Waals surface area contributed by atoms with Gasteiger partial charge in [-0.15, -0.1) is 6.58 Å². The molecule has 8 rings (SSSR count). The molecule has 1 spiro atoms. The molecule has 4 aliphatic rings. The average molecular weight is 730 g/mol. The standard InChI is InChI=1S/C42H43N3O7Si/c1-5-20-43-33-19-18-29(45-34-15-9-11-17-36(34)51-35-16-10-8-14-31(35)40(45)48)22-32(33)42(41(43)49)26(2)39(53(3,4)50)37(52-42)23-38(47)44-24-28-13-7-6-12-27(28)21-30(44)25-46/h5-19,22,26,30,37,39,46,50H,1,20-21,23-25H2,2-4H3/t26-,30+,37+,39-,42+/m1/s1. The molecule has 0 aliphatic carbocycles. The van der Waals surface area contributed by atoms with Crippen molar-refractivity contribution in [2.75, 3.05) is 23.0 Å². The van der Waals surface area contributed by atoms with E-state index in [-0.39, 0.29) is 37.3 Å². The van der Waals surface area contributed by atoms with Gasteiger partial charge in [0, 0.05) is 35.8 Å². The van der Waals surface area contributed by atoms with Crippen molar-refractivity contribution in [3.05, 3.63) is 126 Å². The third kappa shape index (κ3) is 5.53. The molecule has 4 aliphatic heterocycles. The molecule has 4 heterocycles. The van der Waals surface area contributed by atoms with E-state index >= 15 is 0 Å². The zero-order valence-corrected chi connectivity index (χ0v) is 31.1. The molecule has 272 valence electrons. The van der Waals surface area contributed by atoms with Gasteiger partial charge < -0.3 is 29.2 Å². The fourth-order valence-corrected chi connectivity index (χ4v) is 11.7. The number of hydrogen-bond acceptors (Lipinski definition) is 7. The maximum absolute atomic E-state index is 14.9. The van der Waals surface area contributed by atoms with Gasteiger partial charge in [-0.3, -0.25) is 19.3 Å². The third-order valence-corrected chi connectivity index (χ3v) is 13.9. The SMILES string of the molecule is C=CCN1C(=O)[C@@]2(O[C@@H](CC(=O)N3Cc4ccccc4C[C@H]3CO)[C@H]([Si](C)(C)O)[C@H]2C)c2cc(N3C(=O)c4ccccc4Oc4ccccc43)ccc21. The molecule has 4 aromatic rings. The summed E-state index contributed by atoms with van der Waals surface area (Å²) in [7, 11) is -3.10. The molecule has 5 atom stereocenters. The molecule has 11 heteroatoms. The fourth-order valence-electron chi connectivity index (χ4n) is 9.11. The minimum atomic E-state index is -3.10. The zero-order valence-electron chi connectivity index (χ0n) is 30.1. The molecule has 1 fully saturated rings. The number of carbonyl (C=O) groups is 3. The summed E-state index contributed by atoms with van der Waals surface area (Å²) in [5, 5.41) is 10.3. The Kier molecular flexibility index (Phi) is 8.65. The van der Waals surface area contributed by atoms with Gasteiger partial charge in [0.2, 0.25) is 5.91 Å². The van der Waals surface area contributed by atoms with Crippen LogP contribution in [0.25, 0.3) is 0 Å². The second-order valence-electron chi connectivity index (χ2n) is 15.0. The van der Waals surface area contributed by atoms with Crippen LogP contribution in [0.1, 0.15) is 40.4 Å². The zero-order chi connectivity index (χ0) is 37.2. The number of ether oxygens (including phenoxy) is 2. The Labute approximate surface area is 310 Å². The van der Waals surface area contributed by atoms with Gasteiger partial charge in [-0.05, 0) is 73.1 Å². The van der Waals surface area contributed by atoms with Crippen LogP contribution in [-0.4, -0.2) is 66.1 Å². The van der Waals surface area contributed by atoms with E-state index in [1.165, 1.54) is 0 Å². The predicted molar refractivity (Wildman–Crippen MR) is 204 cm³/mol. The van der Waals surface area contributed by atoms with E-state index in [1.54, 1.807) is 39.0 Å². The fraction of sp³-hybridized carbons (Fsp3) is 0.310. The molecule has 4 aromatic carbocycles. The topological polar surface area (TPSA) is 120 Å². The molecule has 2 N–H and O–H groups in total. The third-order valence-electron chi connectivity index (χ3n) is 11.4. The van der Waals surface area contributed by atoms with Crippen LogP contribution in [0.2, 0.25) is 18.6 Å². The van der Waals surface area contributed by atoms with Crippen LogP contribution >= 0.6 is 0 Å². The summed E-state index contributed by atoms with van der Waals surface area (Å²) in [6, 6.07) is 27.4. The van der Waals surface area contributed by atoms with Gasteiger partial charge in [-0.1, -0.05) is 61.5 Å². The van der Waals surface area contributed by atoms with Crippen LogP contribution in [0, 0.1) is 5.92 Å². The van der Waals surface area contributed by atoms with E-state index in [9.17, 15) is 24.3 Å². The number of aliphatic hydroxyl groups is 1. The van der Waals surface area contributed by atoms with E-state index < -0.39 is 37.5 Å². The average Bonchev–Trinajstić information content (AvgIpc) is 3.52. The van der Waals surface area contributed by atoms with Crippen molar-refractivity contribution < 1.29 is 33.8 Å². The second-order valence-corrected chi connectivity index (χ2v) is 19.0. The van der Waals surface area contributed by atoms with Gasteiger partial charge in [0.1, 0.15) is 5.75 Å². The summed E-state index contributed by atoms with van der Waals surface area (Å²) in [5.41, 5.74) is 2.72. The quantitative estimate of drug-likeness (QED) is 0.166. The van der Waals surface area contributed by atoms with E-state index in [1.807, 2.05) is 92.8 Å². The lowest BCUT2D eigenvalue weighted by Crippen LogP contribution is -2.48. The normalized spacial score (nSPS) is 24.7. The molecule has 0 radical (unpaired) electrons. The van der Waals surface area contributed by atoms with Gasteiger partial charge in [0.15, 0.2) is 19.7 Å². The van der Waals surface area contributed by atoms with Crippen molar-refractivity contribution in [2.45, 2.75) is 62.7 Å². The number of carbonyl (C=O) groups excluding carboxylic acids is 3. The van der Waals surface area contributed by atoms with E-state index in [4.69, 9.17) is 9.47 Å². The number of hydrogen-bond donors (Lipinski definition) is 2. The largest absolute Gasteiger partial charge is 0.454 e. The van der Waals surface area contributed by atoms with Gasteiger partial charge >= 0.3 is 0 Å². The highest BCUT2D eigenvalue weighted by molar-refractivity contribution is 6.71. The molecule has 0 unspecified atom stereocenters. The van der Waals surface area contributed by atoms with Gasteiger partial charge in [-0.25, -0.2) is 0 Å². The number of aliphatic hydroxyl groups excluding tert-OH is 1. The van der Waals surface area contributed by atoms with Crippen LogP contribution in [0.3, 0.4) is 0 Å². The number of rotatable bonds is 7. The summed E-state index contributed by atoms with van der Waals surface area (Å²) >= 11 is 0. The molecule has 0 aromatic heterocycles. The Balaban J connectivity index is 1.22. The Bertz CT molecular complexity index is 2150. The molecule has 0 saturated carbocycles. The Morgan fingerprint density at radius 2 is 1.66 bits per heavy atom. The molecular formula is C42H43N3O7Si. The highest BCUT2D eigenvalue weighted by Crippen LogP contribution is 2.60. The van der Waals surface area contributed by atoms with Crippen LogP contribution in [-0.2, 0) is 32.9 Å². The highest BCUT2D eigenvalue weighted by atomic mass is 28.4. The van der Waals surface area contributed by atoms with Crippen molar-refractivity contribution in [1.29, 1.82) is 0 Å². The number of anilines is 3. The van der Waals surface area contributed by atoms with E-state index in [0.717, 1.165) is 11.1 Å². The monoisotopic (exact) mass is 729 g/mol. The lowest BCUT2D eigenvalue weighted by Gasteiger charge is -2.37. The molecule has 10 nitrogen and oxygen atoms in total. The first kappa shape index (κ1) is 35.0. The van der Waals surface area contributed by atoms with E-state index in [0.29, 0.717) is 52.7 Å². The maximum atomic E-state index is 14.9. The number of amides is 3. The van der Waals surface area contributed by atoms with Crippen molar-refractivity contribution >= 4 is 43.1 Å². The van der Waals surface area contributed by atoms with Crippen LogP contribution < -0.4 is 14.5 Å². The van der Waals surface area contributed by atoms with Crippen LogP contribution in [0.5, 0.6) is 11.5 Å². The molecule has 3 amide bonds.